The maximum Gasteiger partial charge on any atom is 0.356 e. The monoisotopic (exact) mass is 390 g/mol. The quantitative estimate of drug-likeness (QED) is 0.534. The van der Waals surface area contributed by atoms with Crippen molar-refractivity contribution in [1.29, 1.82) is 0 Å². The summed E-state index contributed by atoms with van der Waals surface area (Å²) in [7, 11) is 3.16. The van der Waals surface area contributed by atoms with Crippen LogP contribution in [0.15, 0.2) is 70.7 Å². The molecule has 0 spiro atoms. The molecule has 6 heteroatoms. The first-order valence-electron chi connectivity index (χ1n) is 9.44. The molecule has 2 aromatic rings. The second-order valence-electron chi connectivity index (χ2n) is 6.80. The zero-order valence-corrected chi connectivity index (χ0v) is 16.4. The van der Waals surface area contributed by atoms with Crippen LogP contribution in [-0.2, 0) is 25.6 Å². The van der Waals surface area contributed by atoms with Crippen molar-refractivity contribution in [2.75, 3.05) is 14.2 Å². The molecule has 2 heterocycles. The van der Waals surface area contributed by atoms with Crippen molar-refractivity contribution in [2.45, 2.75) is 25.4 Å². The van der Waals surface area contributed by atoms with E-state index >= 15 is 0 Å². The Kier molecular flexibility index (Phi) is 5.64. The van der Waals surface area contributed by atoms with Crippen LogP contribution in [0.5, 0.6) is 0 Å². The van der Waals surface area contributed by atoms with E-state index in [1.807, 2.05) is 54.6 Å². The van der Waals surface area contributed by atoms with Gasteiger partial charge in [-0.25, -0.2) is 9.79 Å². The fraction of sp³-hybridized carbons (Fsp3) is 0.261. The molecule has 1 atom stereocenters. The average molecular weight is 390 g/mol. The number of methoxy groups -OCH3 is 2. The molecule has 0 aromatic heterocycles. The Hall–Kier alpha value is -3.09. The maximum absolute atomic E-state index is 12.7. The number of hydrogen-bond acceptors (Lipinski definition) is 6. The predicted octanol–water partition coefficient (Wildman–Crippen LogP) is 3.73. The molecule has 0 amide bonds. The predicted molar refractivity (Wildman–Crippen MR) is 111 cm³/mol. The number of benzene rings is 2. The lowest BCUT2D eigenvalue weighted by molar-refractivity contribution is -0.136. The number of hydrogen-bond donors (Lipinski definition) is 0. The van der Waals surface area contributed by atoms with Crippen molar-refractivity contribution >= 4 is 28.7 Å². The van der Waals surface area contributed by atoms with E-state index in [2.05, 4.69) is 4.99 Å². The van der Waals surface area contributed by atoms with Crippen LogP contribution in [0.2, 0.25) is 0 Å². The van der Waals surface area contributed by atoms with E-state index in [4.69, 9.17) is 19.2 Å². The van der Waals surface area contributed by atoms with Crippen LogP contribution in [0.4, 0.5) is 5.69 Å². The summed E-state index contributed by atoms with van der Waals surface area (Å²) in [5, 5.41) is 0. The van der Waals surface area contributed by atoms with Gasteiger partial charge in [0.2, 0.25) is 0 Å². The molecule has 0 N–H and O–H groups in total. The van der Waals surface area contributed by atoms with Gasteiger partial charge >= 0.3 is 5.97 Å². The van der Waals surface area contributed by atoms with E-state index < -0.39 is 12.3 Å². The second kappa shape index (κ2) is 8.51. The Labute approximate surface area is 169 Å². The van der Waals surface area contributed by atoms with E-state index in [1.165, 1.54) is 0 Å². The first-order valence-corrected chi connectivity index (χ1v) is 9.44. The van der Waals surface area contributed by atoms with Crippen molar-refractivity contribution in [3.05, 3.63) is 71.8 Å². The molecule has 0 radical (unpaired) electrons. The Balaban J connectivity index is 1.61. The molecule has 4 rings (SSSR count). The van der Waals surface area contributed by atoms with Crippen LogP contribution >= 0.6 is 0 Å². The zero-order valence-electron chi connectivity index (χ0n) is 16.4. The zero-order chi connectivity index (χ0) is 20.2. The SMILES string of the molecule is COC(CC1N=C(C(=O)OCc2ccccc2)C=C2C1=Nc1ccccc12)OC. The number of ether oxygens (including phenoxy) is 3. The molecule has 0 aliphatic carbocycles. The van der Waals surface area contributed by atoms with Gasteiger partial charge in [-0.05, 0) is 17.7 Å². The lowest BCUT2D eigenvalue weighted by Crippen LogP contribution is -2.32. The number of esters is 1. The third-order valence-corrected chi connectivity index (χ3v) is 4.97. The fourth-order valence-corrected chi connectivity index (χ4v) is 3.48. The summed E-state index contributed by atoms with van der Waals surface area (Å²) in [6.07, 6.45) is 1.77. The first kappa shape index (κ1) is 19.2. The molecule has 2 aromatic carbocycles. The smallest absolute Gasteiger partial charge is 0.356 e. The van der Waals surface area contributed by atoms with E-state index in [0.717, 1.165) is 28.1 Å². The number of nitrogens with zero attached hydrogens (tertiary/aromatic N) is 2. The number of carbonyl (C=O) groups excluding carboxylic acids is 1. The Morgan fingerprint density at radius 1 is 1.03 bits per heavy atom. The molecule has 148 valence electrons. The minimum Gasteiger partial charge on any atom is -0.456 e. The fourth-order valence-electron chi connectivity index (χ4n) is 3.48. The standard InChI is InChI=1S/C23H22N2O4/c1-27-21(28-2)13-19-22-17(16-10-6-7-11-18(16)25-22)12-20(24-19)23(26)29-14-15-8-4-3-5-9-15/h3-12,19,21H,13-14H2,1-2H3. The summed E-state index contributed by atoms with van der Waals surface area (Å²) in [4.78, 5) is 22.1. The van der Waals surface area contributed by atoms with Gasteiger partial charge < -0.3 is 14.2 Å². The number of carbonyl (C=O) groups is 1. The number of para-hydroxylation sites is 1. The highest BCUT2D eigenvalue weighted by atomic mass is 16.7. The van der Waals surface area contributed by atoms with Gasteiger partial charge in [-0.2, -0.15) is 0 Å². The minimum atomic E-state index is -0.457. The Bertz CT molecular complexity index is 991. The maximum atomic E-state index is 12.7. The molecule has 6 nitrogen and oxygen atoms in total. The third kappa shape index (κ3) is 4.04. The van der Waals surface area contributed by atoms with Crippen molar-refractivity contribution in [1.82, 2.24) is 0 Å². The van der Waals surface area contributed by atoms with Gasteiger partial charge in [0.15, 0.2) is 6.29 Å². The number of fused-ring (bicyclic) bond motifs is 3. The van der Waals surface area contributed by atoms with Gasteiger partial charge in [0, 0.05) is 31.8 Å². The van der Waals surface area contributed by atoms with Crippen molar-refractivity contribution in [3.63, 3.8) is 0 Å². The van der Waals surface area contributed by atoms with Gasteiger partial charge in [0.25, 0.3) is 0 Å². The van der Waals surface area contributed by atoms with Crippen LogP contribution in [0.3, 0.4) is 0 Å². The lowest BCUT2D eigenvalue weighted by Gasteiger charge is -2.23. The largest absolute Gasteiger partial charge is 0.456 e. The van der Waals surface area contributed by atoms with Gasteiger partial charge in [-0.15, -0.1) is 0 Å². The summed E-state index contributed by atoms with van der Waals surface area (Å²) in [5.41, 5.74) is 4.79. The topological polar surface area (TPSA) is 69.5 Å². The summed E-state index contributed by atoms with van der Waals surface area (Å²) in [6, 6.07) is 17.1. The molecule has 0 bridgehead atoms. The van der Waals surface area contributed by atoms with Crippen LogP contribution in [0, 0.1) is 0 Å². The highest BCUT2D eigenvalue weighted by Gasteiger charge is 2.34. The summed E-state index contributed by atoms with van der Waals surface area (Å²) >= 11 is 0. The number of dihydropyridines is 1. The van der Waals surface area contributed by atoms with Crippen LogP contribution in [0.25, 0.3) is 5.57 Å². The summed E-state index contributed by atoms with van der Waals surface area (Å²) < 4.78 is 16.2. The molecule has 2 aliphatic heterocycles. The average Bonchev–Trinajstić information content (AvgIpc) is 3.15. The highest BCUT2D eigenvalue weighted by molar-refractivity contribution is 6.48. The van der Waals surface area contributed by atoms with Gasteiger partial charge in [0.05, 0.1) is 17.4 Å². The van der Waals surface area contributed by atoms with E-state index in [0.29, 0.717) is 6.42 Å². The van der Waals surface area contributed by atoms with Crippen molar-refractivity contribution < 1.29 is 19.0 Å². The molecule has 1 unspecified atom stereocenters. The Morgan fingerprint density at radius 2 is 1.76 bits per heavy atom. The van der Waals surface area contributed by atoms with Crippen molar-refractivity contribution in [2.24, 2.45) is 9.98 Å². The van der Waals surface area contributed by atoms with Gasteiger partial charge in [-0.3, -0.25) is 4.99 Å². The minimum absolute atomic E-state index is 0.197. The van der Waals surface area contributed by atoms with Gasteiger partial charge in [0.1, 0.15) is 12.3 Å². The normalized spacial score (nSPS) is 17.2. The van der Waals surface area contributed by atoms with E-state index in [-0.39, 0.29) is 18.4 Å². The number of rotatable bonds is 7. The molecule has 29 heavy (non-hydrogen) atoms. The summed E-state index contributed by atoms with van der Waals surface area (Å²) in [6.45, 7) is 0.197. The first-order chi connectivity index (χ1) is 14.2. The molecule has 0 saturated heterocycles. The Morgan fingerprint density at radius 3 is 2.52 bits per heavy atom. The van der Waals surface area contributed by atoms with Gasteiger partial charge in [-0.1, -0.05) is 48.5 Å². The molecular weight excluding hydrogens is 368 g/mol. The van der Waals surface area contributed by atoms with E-state index in [1.54, 1.807) is 20.3 Å². The third-order valence-electron chi connectivity index (χ3n) is 4.97. The molecule has 0 fully saturated rings. The molecule has 0 saturated carbocycles. The van der Waals surface area contributed by atoms with Crippen LogP contribution in [-0.4, -0.2) is 43.9 Å². The summed E-state index contributed by atoms with van der Waals surface area (Å²) in [5.74, 6) is -0.457. The number of aliphatic imine (C=N–C) groups is 2. The highest BCUT2D eigenvalue weighted by Crippen LogP contribution is 2.38. The van der Waals surface area contributed by atoms with Crippen molar-refractivity contribution in [3.8, 4) is 0 Å². The lowest BCUT2D eigenvalue weighted by atomic mass is 9.93. The van der Waals surface area contributed by atoms with E-state index in [9.17, 15) is 4.79 Å². The molecule has 2 aliphatic rings. The molecular formula is C23H22N2O4. The van der Waals surface area contributed by atoms with Crippen LogP contribution in [0.1, 0.15) is 17.5 Å². The van der Waals surface area contributed by atoms with Crippen LogP contribution < -0.4 is 0 Å². The second-order valence-corrected chi connectivity index (χ2v) is 6.80.